The van der Waals surface area contributed by atoms with E-state index in [1.807, 2.05) is 9.80 Å². The molecule has 2 fully saturated rings. The van der Waals surface area contributed by atoms with Gasteiger partial charge in [-0.1, -0.05) is 45.0 Å². The summed E-state index contributed by atoms with van der Waals surface area (Å²) in [5, 5.41) is 0.0351. The van der Waals surface area contributed by atoms with Crippen LogP contribution in [0.5, 0.6) is 0 Å². The Morgan fingerprint density at radius 1 is 1.16 bits per heavy atom. The standard InChI is InChI=1S/C20H28N2O2S/c1-20(2,3)16-8-6-15(7-9-16)19-22(18(24)14-25-19)13-10-17(23)21-11-4-5-12-21/h6-9,19H,4-5,10-14H2,1-3H3/t19-/m1/s1. The molecule has 0 unspecified atom stereocenters. The minimum atomic E-state index is 0.0351. The molecule has 136 valence electrons. The van der Waals surface area contributed by atoms with Gasteiger partial charge in [-0.25, -0.2) is 0 Å². The van der Waals surface area contributed by atoms with Gasteiger partial charge in [-0.2, -0.15) is 0 Å². The molecular weight excluding hydrogens is 332 g/mol. The molecule has 25 heavy (non-hydrogen) atoms. The molecule has 0 aromatic heterocycles. The molecule has 0 bridgehead atoms. The Morgan fingerprint density at radius 3 is 2.40 bits per heavy atom. The monoisotopic (exact) mass is 360 g/mol. The molecule has 3 rings (SSSR count). The first-order valence-corrected chi connectivity index (χ1v) is 10.2. The van der Waals surface area contributed by atoms with Crippen LogP contribution in [-0.2, 0) is 15.0 Å². The van der Waals surface area contributed by atoms with Crippen molar-refractivity contribution in [2.24, 2.45) is 0 Å². The lowest BCUT2D eigenvalue weighted by atomic mass is 9.86. The molecule has 0 radical (unpaired) electrons. The summed E-state index contributed by atoms with van der Waals surface area (Å²) in [6.45, 7) is 8.87. The zero-order chi connectivity index (χ0) is 18.0. The van der Waals surface area contributed by atoms with Crippen LogP contribution in [0.2, 0.25) is 0 Å². The summed E-state index contributed by atoms with van der Waals surface area (Å²) in [4.78, 5) is 28.4. The quantitative estimate of drug-likeness (QED) is 0.824. The third kappa shape index (κ3) is 4.20. The van der Waals surface area contributed by atoms with Gasteiger partial charge < -0.3 is 9.80 Å². The van der Waals surface area contributed by atoms with E-state index in [0.29, 0.717) is 18.7 Å². The van der Waals surface area contributed by atoms with E-state index in [4.69, 9.17) is 0 Å². The van der Waals surface area contributed by atoms with Gasteiger partial charge in [-0.3, -0.25) is 9.59 Å². The zero-order valence-corrected chi connectivity index (χ0v) is 16.3. The smallest absolute Gasteiger partial charge is 0.233 e. The molecule has 1 aromatic carbocycles. The highest BCUT2D eigenvalue weighted by molar-refractivity contribution is 8.00. The van der Waals surface area contributed by atoms with Crippen LogP contribution in [0.25, 0.3) is 0 Å². The number of hydrogen-bond acceptors (Lipinski definition) is 3. The van der Waals surface area contributed by atoms with E-state index in [1.165, 1.54) is 5.56 Å². The number of carbonyl (C=O) groups excluding carboxylic acids is 2. The number of benzene rings is 1. The van der Waals surface area contributed by atoms with Crippen LogP contribution in [0.15, 0.2) is 24.3 Å². The fraction of sp³-hybridized carbons (Fsp3) is 0.600. The Kier molecular flexibility index (Phi) is 5.42. The summed E-state index contributed by atoms with van der Waals surface area (Å²) >= 11 is 1.66. The van der Waals surface area contributed by atoms with Crippen molar-refractivity contribution in [2.45, 2.75) is 50.8 Å². The van der Waals surface area contributed by atoms with Crippen LogP contribution in [0.4, 0.5) is 0 Å². The van der Waals surface area contributed by atoms with E-state index < -0.39 is 0 Å². The van der Waals surface area contributed by atoms with Gasteiger partial charge in [0.2, 0.25) is 11.8 Å². The normalized spacial score (nSPS) is 21.2. The van der Waals surface area contributed by atoms with Gasteiger partial charge >= 0.3 is 0 Å². The third-order valence-electron chi connectivity index (χ3n) is 5.06. The number of nitrogens with zero attached hydrogens (tertiary/aromatic N) is 2. The first-order valence-electron chi connectivity index (χ1n) is 9.15. The lowest BCUT2D eigenvalue weighted by Gasteiger charge is -2.26. The lowest BCUT2D eigenvalue weighted by Crippen LogP contribution is -2.34. The number of thioether (sulfide) groups is 1. The van der Waals surface area contributed by atoms with Crippen molar-refractivity contribution in [3.8, 4) is 0 Å². The van der Waals surface area contributed by atoms with E-state index in [1.54, 1.807) is 11.8 Å². The predicted octanol–water partition coefficient (Wildman–Crippen LogP) is 3.57. The van der Waals surface area contributed by atoms with E-state index in [2.05, 4.69) is 45.0 Å². The summed E-state index contributed by atoms with van der Waals surface area (Å²) in [6, 6.07) is 8.58. The van der Waals surface area contributed by atoms with Crippen LogP contribution in [0.1, 0.15) is 56.5 Å². The summed E-state index contributed by atoms with van der Waals surface area (Å²) in [5.74, 6) is 0.831. The number of hydrogen-bond donors (Lipinski definition) is 0. The number of likely N-dealkylation sites (tertiary alicyclic amines) is 1. The van der Waals surface area contributed by atoms with Crippen molar-refractivity contribution in [1.82, 2.24) is 9.80 Å². The summed E-state index contributed by atoms with van der Waals surface area (Å²) in [7, 11) is 0. The van der Waals surface area contributed by atoms with Gasteiger partial charge in [0.15, 0.2) is 0 Å². The molecule has 0 saturated carbocycles. The Bertz CT molecular complexity index is 630. The lowest BCUT2D eigenvalue weighted by molar-refractivity contribution is -0.132. The van der Waals surface area contributed by atoms with Crippen LogP contribution >= 0.6 is 11.8 Å². The SMILES string of the molecule is CC(C)(C)c1ccc([C@H]2SCC(=O)N2CCC(=O)N2CCCC2)cc1. The fourth-order valence-electron chi connectivity index (χ4n) is 3.46. The summed E-state index contributed by atoms with van der Waals surface area (Å²) in [6.07, 6.45) is 2.64. The molecule has 4 nitrogen and oxygen atoms in total. The van der Waals surface area contributed by atoms with Crippen molar-refractivity contribution in [2.75, 3.05) is 25.4 Å². The van der Waals surface area contributed by atoms with Gasteiger partial charge in [-0.05, 0) is 29.4 Å². The largest absolute Gasteiger partial charge is 0.343 e. The number of rotatable bonds is 4. The van der Waals surface area contributed by atoms with Gasteiger partial charge in [0, 0.05) is 26.1 Å². The van der Waals surface area contributed by atoms with E-state index in [-0.39, 0.29) is 22.6 Å². The molecule has 1 atom stereocenters. The van der Waals surface area contributed by atoms with Gasteiger partial charge in [-0.15, -0.1) is 11.8 Å². The molecule has 2 amide bonds. The molecule has 2 aliphatic rings. The highest BCUT2D eigenvalue weighted by Gasteiger charge is 2.33. The molecule has 2 aliphatic heterocycles. The zero-order valence-electron chi connectivity index (χ0n) is 15.5. The average Bonchev–Trinajstić information content (AvgIpc) is 3.22. The second-order valence-electron chi connectivity index (χ2n) is 7.96. The van der Waals surface area contributed by atoms with E-state index in [9.17, 15) is 9.59 Å². The highest BCUT2D eigenvalue weighted by Crippen LogP contribution is 2.39. The maximum Gasteiger partial charge on any atom is 0.233 e. The van der Waals surface area contributed by atoms with Crippen molar-refractivity contribution in [1.29, 1.82) is 0 Å². The van der Waals surface area contributed by atoms with Crippen molar-refractivity contribution in [3.63, 3.8) is 0 Å². The number of amides is 2. The predicted molar refractivity (Wildman–Crippen MR) is 102 cm³/mol. The molecule has 0 spiro atoms. The topological polar surface area (TPSA) is 40.6 Å². The van der Waals surface area contributed by atoms with Crippen molar-refractivity contribution < 1.29 is 9.59 Å². The average molecular weight is 361 g/mol. The van der Waals surface area contributed by atoms with Crippen LogP contribution in [0.3, 0.4) is 0 Å². The Balaban J connectivity index is 1.66. The Morgan fingerprint density at radius 2 is 1.80 bits per heavy atom. The van der Waals surface area contributed by atoms with Gasteiger partial charge in [0.1, 0.15) is 5.37 Å². The first kappa shape index (κ1) is 18.3. The molecule has 2 saturated heterocycles. The van der Waals surface area contributed by atoms with Crippen LogP contribution in [-0.4, -0.2) is 47.0 Å². The molecule has 0 N–H and O–H groups in total. The van der Waals surface area contributed by atoms with Gasteiger partial charge in [0.25, 0.3) is 0 Å². The van der Waals surface area contributed by atoms with E-state index in [0.717, 1.165) is 31.5 Å². The summed E-state index contributed by atoms with van der Waals surface area (Å²) in [5.41, 5.74) is 2.57. The third-order valence-corrected chi connectivity index (χ3v) is 6.31. The second kappa shape index (κ2) is 7.40. The highest BCUT2D eigenvalue weighted by atomic mass is 32.2. The Hall–Kier alpha value is -1.49. The molecule has 2 heterocycles. The maximum atomic E-state index is 12.3. The van der Waals surface area contributed by atoms with Gasteiger partial charge in [0.05, 0.1) is 5.75 Å². The van der Waals surface area contributed by atoms with Crippen molar-refractivity contribution >= 4 is 23.6 Å². The molecule has 0 aliphatic carbocycles. The Labute approximate surface area is 154 Å². The minimum absolute atomic E-state index is 0.0351. The molecular formula is C20H28N2O2S. The maximum absolute atomic E-state index is 12.3. The van der Waals surface area contributed by atoms with Crippen LogP contribution < -0.4 is 0 Å². The minimum Gasteiger partial charge on any atom is -0.343 e. The number of carbonyl (C=O) groups is 2. The van der Waals surface area contributed by atoms with E-state index >= 15 is 0 Å². The molecule has 1 aromatic rings. The summed E-state index contributed by atoms with van der Waals surface area (Å²) < 4.78 is 0. The fourth-order valence-corrected chi connectivity index (χ4v) is 4.68. The first-order chi connectivity index (χ1) is 11.9. The molecule has 5 heteroatoms. The second-order valence-corrected chi connectivity index (χ2v) is 9.03. The van der Waals surface area contributed by atoms with Crippen LogP contribution in [0, 0.1) is 0 Å². The van der Waals surface area contributed by atoms with Crippen molar-refractivity contribution in [3.05, 3.63) is 35.4 Å².